The van der Waals surface area contributed by atoms with Crippen molar-refractivity contribution in [3.8, 4) is 11.5 Å². The van der Waals surface area contributed by atoms with E-state index < -0.39 is 0 Å². The number of rotatable bonds is 7. The maximum Gasteiger partial charge on any atom is 0.161 e. The molecule has 2 aromatic rings. The molecule has 0 fully saturated rings. The van der Waals surface area contributed by atoms with Gasteiger partial charge in [0.15, 0.2) is 11.5 Å². The van der Waals surface area contributed by atoms with Crippen molar-refractivity contribution < 1.29 is 9.47 Å². The van der Waals surface area contributed by atoms with Crippen LogP contribution in [0.1, 0.15) is 29.5 Å². The maximum absolute atomic E-state index is 5.90. The summed E-state index contributed by atoms with van der Waals surface area (Å²) in [4.78, 5) is 5.54. The minimum atomic E-state index is 0.648. The van der Waals surface area contributed by atoms with Crippen LogP contribution in [-0.4, -0.2) is 18.7 Å². The quantitative estimate of drug-likeness (QED) is 0.771. The molecule has 0 aliphatic rings. The van der Waals surface area contributed by atoms with E-state index in [-0.39, 0.29) is 0 Å². The molecule has 0 aliphatic carbocycles. The van der Waals surface area contributed by atoms with E-state index in [1.54, 1.807) is 18.4 Å². The number of thiazole rings is 1. The van der Waals surface area contributed by atoms with Gasteiger partial charge >= 0.3 is 0 Å². The summed E-state index contributed by atoms with van der Waals surface area (Å²) in [5.41, 5.74) is 4.27. The second kappa shape index (κ2) is 7.29. The second-order valence-corrected chi connectivity index (χ2v) is 5.63. The van der Waals surface area contributed by atoms with Crippen molar-refractivity contribution >= 4 is 11.3 Å². The van der Waals surface area contributed by atoms with Gasteiger partial charge in [-0.25, -0.2) is 4.98 Å². The Bertz CT molecular complexity index is 551. The van der Waals surface area contributed by atoms with Crippen LogP contribution in [0.25, 0.3) is 0 Å². The molecule has 1 aromatic carbocycles. The molecule has 0 saturated heterocycles. The van der Waals surface area contributed by atoms with Crippen molar-refractivity contribution in [3.63, 3.8) is 0 Å². The van der Waals surface area contributed by atoms with Gasteiger partial charge in [0.05, 0.1) is 24.9 Å². The third kappa shape index (κ3) is 3.73. The number of nitrogens with zero attached hydrogens (tertiary/aromatic N) is 1. The Hall–Kier alpha value is -1.55. The summed E-state index contributed by atoms with van der Waals surface area (Å²) in [6, 6.07) is 6.17. The number of methoxy groups -OCH3 is 1. The van der Waals surface area contributed by atoms with Gasteiger partial charge in [0.1, 0.15) is 0 Å². The molecule has 0 unspecified atom stereocenters. The number of hydrogen-bond acceptors (Lipinski definition) is 4. The van der Waals surface area contributed by atoms with Crippen LogP contribution >= 0.6 is 11.3 Å². The fourth-order valence-corrected chi connectivity index (χ4v) is 2.86. The van der Waals surface area contributed by atoms with Gasteiger partial charge in [-0.15, -0.1) is 11.3 Å². The van der Waals surface area contributed by atoms with E-state index in [9.17, 15) is 0 Å². The first kappa shape index (κ1) is 14.9. The van der Waals surface area contributed by atoms with Gasteiger partial charge < -0.3 is 9.47 Å². The van der Waals surface area contributed by atoms with Crippen LogP contribution in [0.5, 0.6) is 11.5 Å². The standard InChI is InChI=1S/C16H21NO2S/c1-4-5-13-6-7-14(18-3)15(10-13)19-9-8-16-12(2)17-11-20-16/h6-7,10-11H,4-5,8-9H2,1-3H3. The van der Waals surface area contributed by atoms with Crippen molar-refractivity contribution in [2.45, 2.75) is 33.1 Å². The van der Waals surface area contributed by atoms with Gasteiger partial charge in [0.25, 0.3) is 0 Å². The van der Waals surface area contributed by atoms with E-state index in [4.69, 9.17) is 9.47 Å². The highest BCUT2D eigenvalue weighted by molar-refractivity contribution is 7.09. The van der Waals surface area contributed by atoms with E-state index >= 15 is 0 Å². The van der Waals surface area contributed by atoms with Crippen molar-refractivity contribution in [1.29, 1.82) is 0 Å². The van der Waals surface area contributed by atoms with Crippen molar-refractivity contribution in [3.05, 3.63) is 39.8 Å². The van der Waals surface area contributed by atoms with Crippen LogP contribution in [-0.2, 0) is 12.8 Å². The molecule has 2 rings (SSSR count). The highest BCUT2D eigenvalue weighted by Crippen LogP contribution is 2.29. The first-order valence-electron chi connectivity index (χ1n) is 6.93. The molecule has 3 nitrogen and oxygen atoms in total. The van der Waals surface area contributed by atoms with Gasteiger partial charge in [0.2, 0.25) is 0 Å². The first-order valence-corrected chi connectivity index (χ1v) is 7.81. The Labute approximate surface area is 124 Å². The van der Waals surface area contributed by atoms with Crippen molar-refractivity contribution in [2.24, 2.45) is 0 Å². The molecule has 108 valence electrons. The topological polar surface area (TPSA) is 31.4 Å². The molecule has 0 saturated carbocycles. The Morgan fingerprint density at radius 2 is 2.05 bits per heavy atom. The molecule has 1 heterocycles. The summed E-state index contributed by atoms with van der Waals surface area (Å²) in [6.45, 7) is 4.86. The first-order chi connectivity index (χ1) is 9.74. The molecular formula is C16H21NO2S. The zero-order valence-corrected chi connectivity index (χ0v) is 13.1. The van der Waals surface area contributed by atoms with Crippen LogP contribution in [0, 0.1) is 6.92 Å². The average Bonchev–Trinajstić information content (AvgIpc) is 2.85. The van der Waals surface area contributed by atoms with E-state index in [1.807, 2.05) is 18.5 Å². The van der Waals surface area contributed by atoms with Gasteiger partial charge in [-0.1, -0.05) is 19.4 Å². The molecule has 0 amide bonds. The lowest BCUT2D eigenvalue weighted by molar-refractivity contribution is 0.298. The van der Waals surface area contributed by atoms with E-state index in [2.05, 4.69) is 24.0 Å². The van der Waals surface area contributed by atoms with Crippen LogP contribution in [0.15, 0.2) is 23.7 Å². The lowest BCUT2D eigenvalue weighted by atomic mass is 10.1. The third-order valence-electron chi connectivity index (χ3n) is 3.20. The minimum absolute atomic E-state index is 0.648. The van der Waals surface area contributed by atoms with Crippen molar-refractivity contribution in [1.82, 2.24) is 4.98 Å². The molecular weight excluding hydrogens is 270 g/mol. The Kier molecular flexibility index (Phi) is 5.41. The summed E-state index contributed by atoms with van der Waals surface area (Å²) in [5.74, 6) is 1.63. The highest BCUT2D eigenvalue weighted by Gasteiger charge is 2.07. The molecule has 20 heavy (non-hydrogen) atoms. The van der Waals surface area contributed by atoms with E-state index in [1.165, 1.54) is 10.4 Å². The molecule has 0 atom stereocenters. The Morgan fingerprint density at radius 3 is 2.70 bits per heavy atom. The van der Waals surface area contributed by atoms with Crippen LogP contribution in [0.2, 0.25) is 0 Å². The number of aryl methyl sites for hydroxylation is 2. The summed E-state index contributed by atoms with van der Waals surface area (Å²) < 4.78 is 11.3. The molecule has 0 aliphatic heterocycles. The summed E-state index contributed by atoms with van der Waals surface area (Å²) in [5, 5.41) is 0. The Balaban J connectivity index is 2.00. The Morgan fingerprint density at radius 1 is 1.20 bits per heavy atom. The van der Waals surface area contributed by atoms with Crippen molar-refractivity contribution in [2.75, 3.05) is 13.7 Å². The van der Waals surface area contributed by atoms with Gasteiger partial charge in [-0.05, 0) is 31.0 Å². The zero-order chi connectivity index (χ0) is 14.4. The van der Waals surface area contributed by atoms with Crippen LogP contribution in [0.3, 0.4) is 0 Å². The number of hydrogen-bond donors (Lipinski definition) is 0. The second-order valence-electron chi connectivity index (χ2n) is 4.69. The van der Waals surface area contributed by atoms with E-state index in [0.717, 1.165) is 36.5 Å². The minimum Gasteiger partial charge on any atom is -0.493 e. The molecule has 0 bridgehead atoms. The monoisotopic (exact) mass is 291 g/mol. The molecule has 0 N–H and O–H groups in total. The fourth-order valence-electron chi connectivity index (χ4n) is 2.10. The SMILES string of the molecule is CCCc1ccc(OC)c(OCCc2scnc2C)c1. The summed E-state index contributed by atoms with van der Waals surface area (Å²) in [7, 11) is 1.68. The molecule has 1 aromatic heterocycles. The predicted octanol–water partition coefficient (Wildman–Crippen LogP) is 4.03. The molecule has 4 heteroatoms. The predicted molar refractivity (Wildman–Crippen MR) is 83.0 cm³/mol. The van der Waals surface area contributed by atoms with Crippen LogP contribution < -0.4 is 9.47 Å². The largest absolute Gasteiger partial charge is 0.493 e. The summed E-state index contributed by atoms with van der Waals surface area (Å²) in [6.07, 6.45) is 3.08. The third-order valence-corrected chi connectivity index (χ3v) is 4.19. The zero-order valence-electron chi connectivity index (χ0n) is 12.3. The number of ether oxygens (including phenoxy) is 2. The van der Waals surface area contributed by atoms with Crippen LogP contribution in [0.4, 0.5) is 0 Å². The molecule has 0 spiro atoms. The lowest BCUT2D eigenvalue weighted by Crippen LogP contribution is -2.03. The average molecular weight is 291 g/mol. The highest BCUT2D eigenvalue weighted by atomic mass is 32.1. The van der Waals surface area contributed by atoms with Gasteiger partial charge in [0, 0.05) is 11.3 Å². The number of benzene rings is 1. The normalized spacial score (nSPS) is 10.6. The van der Waals surface area contributed by atoms with Gasteiger partial charge in [-0.2, -0.15) is 0 Å². The molecule has 0 radical (unpaired) electrons. The maximum atomic E-state index is 5.90. The van der Waals surface area contributed by atoms with Gasteiger partial charge in [-0.3, -0.25) is 0 Å². The van der Waals surface area contributed by atoms with E-state index in [0.29, 0.717) is 6.61 Å². The fraction of sp³-hybridized carbons (Fsp3) is 0.438. The number of aromatic nitrogens is 1. The lowest BCUT2D eigenvalue weighted by Gasteiger charge is -2.12. The summed E-state index contributed by atoms with van der Waals surface area (Å²) >= 11 is 1.68. The smallest absolute Gasteiger partial charge is 0.161 e.